The first kappa shape index (κ1) is 29.7. The normalized spacial score (nSPS) is 15.6. The van der Waals surface area contributed by atoms with Crippen molar-refractivity contribution in [3.8, 4) is 0 Å². The standard InChI is InChI=1S/C26H51N2O.BrH/c1-4-6-8-9-10-11-12-13-14-15-16-17-18-20-26(29)27-21-24-28(3,25-22-27)23-19-7-5-2;/h5H,2,4,6-25H2,1,3H3;1H/q+1;/p-1. The highest BCUT2D eigenvalue weighted by atomic mass is 79.9. The number of nitrogens with zero attached hydrogens (tertiary/aromatic N) is 2. The molecule has 0 aromatic heterocycles. The maximum absolute atomic E-state index is 12.5. The molecule has 1 aliphatic rings. The number of hydrogen-bond acceptors (Lipinski definition) is 1. The number of rotatable bonds is 18. The van der Waals surface area contributed by atoms with E-state index < -0.39 is 0 Å². The number of likely N-dealkylation sites (N-methyl/N-ethyl adjacent to an activating group) is 1. The van der Waals surface area contributed by atoms with E-state index in [4.69, 9.17) is 0 Å². The molecule has 1 amide bonds. The van der Waals surface area contributed by atoms with Gasteiger partial charge in [-0.2, -0.15) is 0 Å². The smallest absolute Gasteiger partial charge is 0.222 e. The van der Waals surface area contributed by atoms with E-state index in [1.165, 1.54) is 90.0 Å². The van der Waals surface area contributed by atoms with Gasteiger partial charge in [0.05, 0.1) is 39.8 Å². The molecule has 0 unspecified atom stereocenters. The summed E-state index contributed by atoms with van der Waals surface area (Å²) in [5, 5.41) is 0. The predicted molar refractivity (Wildman–Crippen MR) is 127 cm³/mol. The van der Waals surface area contributed by atoms with Crippen LogP contribution in [0.4, 0.5) is 0 Å². The first-order valence-corrected chi connectivity index (χ1v) is 12.8. The predicted octanol–water partition coefficient (Wildman–Crippen LogP) is 3.73. The lowest BCUT2D eigenvalue weighted by molar-refractivity contribution is -0.913. The Labute approximate surface area is 199 Å². The summed E-state index contributed by atoms with van der Waals surface area (Å²) in [6.45, 7) is 11.4. The molecule has 0 aromatic rings. The second-order valence-corrected chi connectivity index (χ2v) is 9.59. The Morgan fingerprint density at radius 1 is 0.833 bits per heavy atom. The molecular formula is C26H51BrN2O. The van der Waals surface area contributed by atoms with Gasteiger partial charge in [-0.1, -0.05) is 90.0 Å². The second-order valence-electron chi connectivity index (χ2n) is 9.59. The number of allylic oxidation sites excluding steroid dienone is 1. The van der Waals surface area contributed by atoms with Crippen molar-refractivity contribution in [1.82, 2.24) is 4.90 Å². The Kier molecular flexibility index (Phi) is 19.1. The average Bonchev–Trinajstić information content (AvgIpc) is 2.72. The summed E-state index contributed by atoms with van der Waals surface area (Å²) in [6, 6.07) is 0. The maximum Gasteiger partial charge on any atom is 0.222 e. The fourth-order valence-electron chi connectivity index (χ4n) is 4.49. The topological polar surface area (TPSA) is 20.3 Å². The lowest BCUT2D eigenvalue weighted by atomic mass is 10.0. The molecule has 1 rings (SSSR count). The molecule has 1 fully saturated rings. The van der Waals surface area contributed by atoms with Gasteiger partial charge in [-0.25, -0.2) is 0 Å². The summed E-state index contributed by atoms with van der Waals surface area (Å²) in [7, 11) is 2.34. The van der Waals surface area contributed by atoms with Crippen molar-refractivity contribution in [2.75, 3.05) is 39.8 Å². The number of piperazine rings is 1. The third kappa shape index (κ3) is 14.6. The quantitative estimate of drug-likeness (QED) is 0.164. The van der Waals surface area contributed by atoms with Crippen LogP contribution in [0, 0.1) is 0 Å². The van der Waals surface area contributed by atoms with Gasteiger partial charge in [-0.15, -0.1) is 6.58 Å². The summed E-state index contributed by atoms with van der Waals surface area (Å²) in [4.78, 5) is 14.6. The molecule has 0 saturated carbocycles. The van der Waals surface area contributed by atoms with Crippen LogP contribution in [0.25, 0.3) is 0 Å². The van der Waals surface area contributed by atoms with E-state index in [9.17, 15) is 4.79 Å². The first-order valence-electron chi connectivity index (χ1n) is 12.8. The Morgan fingerprint density at radius 2 is 1.30 bits per heavy atom. The van der Waals surface area contributed by atoms with Gasteiger partial charge in [-0.3, -0.25) is 4.79 Å². The van der Waals surface area contributed by atoms with Crippen molar-refractivity contribution in [3.05, 3.63) is 12.7 Å². The molecule has 4 heteroatoms. The summed E-state index contributed by atoms with van der Waals surface area (Å²) >= 11 is 0. The number of amides is 1. The Hall–Kier alpha value is -0.350. The minimum atomic E-state index is 0. The highest BCUT2D eigenvalue weighted by molar-refractivity contribution is 5.76. The summed E-state index contributed by atoms with van der Waals surface area (Å²) in [5.74, 6) is 0.394. The first-order chi connectivity index (χ1) is 14.1. The molecule has 0 aromatic carbocycles. The summed E-state index contributed by atoms with van der Waals surface area (Å²) < 4.78 is 1.12. The monoisotopic (exact) mass is 486 g/mol. The molecule has 1 saturated heterocycles. The molecule has 30 heavy (non-hydrogen) atoms. The van der Waals surface area contributed by atoms with Crippen LogP contribution >= 0.6 is 0 Å². The highest BCUT2D eigenvalue weighted by Gasteiger charge is 2.29. The fourth-order valence-corrected chi connectivity index (χ4v) is 4.49. The number of unbranched alkanes of at least 4 members (excludes halogenated alkanes) is 13. The number of carbonyl (C=O) groups is 1. The molecule has 1 heterocycles. The molecule has 0 atom stereocenters. The number of carbonyl (C=O) groups excluding carboxylic acids is 1. The maximum atomic E-state index is 12.5. The zero-order valence-electron chi connectivity index (χ0n) is 20.3. The van der Waals surface area contributed by atoms with Crippen molar-refractivity contribution in [2.45, 2.75) is 110 Å². The number of hydrogen-bond donors (Lipinski definition) is 0. The zero-order chi connectivity index (χ0) is 21.2. The van der Waals surface area contributed by atoms with Crippen LogP contribution in [-0.4, -0.2) is 55.1 Å². The molecule has 0 radical (unpaired) electrons. The third-order valence-corrected chi connectivity index (χ3v) is 6.77. The Morgan fingerprint density at radius 3 is 1.77 bits per heavy atom. The minimum Gasteiger partial charge on any atom is -1.00 e. The van der Waals surface area contributed by atoms with Crippen LogP contribution in [0.3, 0.4) is 0 Å². The van der Waals surface area contributed by atoms with Crippen molar-refractivity contribution in [2.24, 2.45) is 0 Å². The van der Waals surface area contributed by atoms with E-state index in [1.54, 1.807) is 0 Å². The molecular weight excluding hydrogens is 436 g/mol. The van der Waals surface area contributed by atoms with Crippen molar-refractivity contribution in [3.63, 3.8) is 0 Å². The second kappa shape index (κ2) is 19.3. The van der Waals surface area contributed by atoms with Crippen LogP contribution < -0.4 is 17.0 Å². The highest BCUT2D eigenvalue weighted by Crippen LogP contribution is 2.15. The van der Waals surface area contributed by atoms with Crippen LogP contribution in [0.15, 0.2) is 12.7 Å². The van der Waals surface area contributed by atoms with E-state index in [2.05, 4.69) is 25.5 Å². The molecule has 178 valence electrons. The fraction of sp³-hybridized carbons (Fsp3) is 0.885. The van der Waals surface area contributed by atoms with E-state index in [-0.39, 0.29) is 17.0 Å². The van der Waals surface area contributed by atoms with E-state index in [1.807, 2.05) is 6.08 Å². The lowest BCUT2D eigenvalue weighted by Gasteiger charge is -2.42. The van der Waals surface area contributed by atoms with Gasteiger partial charge in [-0.05, 0) is 19.3 Å². The van der Waals surface area contributed by atoms with Gasteiger partial charge in [0.1, 0.15) is 0 Å². The van der Waals surface area contributed by atoms with Crippen LogP contribution in [0.2, 0.25) is 0 Å². The van der Waals surface area contributed by atoms with Gasteiger partial charge >= 0.3 is 0 Å². The van der Waals surface area contributed by atoms with Crippen LogP contribution in [0.5, 0.6) is 0 Å². The van der Waals surface area contributed by atoms with Gasteiger partial charge < -0.3 is 26.4 Å². The zero-order valence-corrected chi connectivity index (χ0v) is 21.9. The van der Waals surface area contributed by atoms with E-state index >= 15 is 0 Å². The van der Waals surface area contributed by atoms with Gasteiger partial charge in [0, 0.05) is 6.42 Å². The Balaban J connectivity index is 0.00000841. The lowest BCUT2D eigenvalue weighted by Crippen LogP contribution is -3.00. The Bertz CT molecular complexity index is 419. The molecule has 3 nitrogen and oxygen atoms in total. The molecule has 0 N–H and O–H groups in total. The van der Waals surface area contributed by atoms with Gasteiger partial charge in [0.25, 0.3) is 0 Å². The molecule has 0 spiro atoms. The SMILES string of the molecule is C=CCCC[N+]1(C)CCN(C(=O)CCCCCCCCCCCCCCC)CC1.[Br-]. The van der Waals surface area contributed by atoms with E-state index in [0.717, 1.165) is 49.9 Å². The summed E-state index contributed by atoms with van der Waals surface area (Å²) in [6.07, 6.45) is 22.8. The molecule has 0 bridgehead atoms. The molecule has 1 aliphatic heterocycles. The molecule has 0 aliphatic carbocycles. The van der Waals surface area contributed by atoms with Crippen molar-refractivity contribution in [1.29, 1.82) is 0 Å². The number of halogens is 1. The summed E-state index contributed by atoms with van der Waals surface area (Å²) in [5.41, 5.74) is 0. The van der Waals surface area contributed by atoms with Crippen LogP contribution in [-0.2, 0) is 4.79 Å². The third-order valence-electron chi connectivity index (χ3n) is 6.77. The minimum absolute atomic E-state index is 0. The largest absolute Gasteiger partial charge is 1.00 e. The average molecular weight is 488 g/mol. The van der Waals surface area contributed by atoms with Gasteiger partial charge in [0.2, 0.25) is 5.91 Å². The van der Waals surface area contributed by atoms with Gasteiger partial charge in [0.15, 0.2) is 0 Å². The van der Waals surface area contributed by atoms with Crippen molar-refractivity contribution >= 4 is 5.91 Å². The number of quaternary nitrogens is 1. The van der Waals surface area contributed by atoms with Crippen molar-refractivity contribution < 1.29 is 26.3 Å². The van der Waals surface area contributed by atoms with Crippen LogP contribution in [0.1, 0.15) is 110 Å². The van der Waals surface area contributed by atoms with E-state index in [0.29, 0.717) is 5.91 Å².